The van der Waals surface area contributed by atoms with Crippen LogP contribution in [0.5, 0.6) is 0 Å². The number of carbonyl (C=O) groups is 1. The summed E-state index contributed by atoms with van der Waals surface area (Å²) >= 11 is 0. The van der Waals surface area contributed by atoms with E-state index in [-0.39, 0.29) is 4.90 Å². The number of rotatable bonds is 4. The molecule has 6 heteroatoms. The Morgan fingerprint density at radius 2 is 1.81 bits per heavy atom. The van der Waals surface area contributed by atoms with Gasteiger partial charge < -0.3 is 5.11 Å². The molecule has 88 valence electrons. The maximum atomic E-state index is 11.4. The molecule has 1 aromatic rings. The lowest BCUT2D eigenvalue weighted by atomic mass is 10.0. The first-order valence-electron chi connectivity index (χ1n) is 4.65. The molecule has 5 nitrogen and oxygen atoms in total. The van der Waals surface area contributed by atoms with Crippen LogP contribution in [0.1, 0.15) is 18.4 Å². The number of aliphatic carboxylic acids is 1. The molecule has 0 aromatic heterocycles. The monoisotopic (exact) mass is 243 g/mol. The number of carboxylic acid groups (broad SMARTS) is 1. The van der Waals surface area contributed by atoms with Crippen molar-refractivity contribution >= 4 is 16.0 Å². The first-order chi connectivity index (χ1) is 7.38. The summed E-state index contributed by atoms with van der Waals surface area (Å²) in [5.74, 6) is -1.59. The van der Waals surface area contributed by atoms with Crippen LogP contribution in [0.25, 0.3) is 0 Å². The second-order valence-corrected chi connectivity index (χ2v) is 5.22. The maximum Gasteiger partial charge on any atom is 0.310 e. The lowest BCUT2D eigenvalue weighted by Gasteiger charge is -2.07. The number of benzene rings is 1. The smallest absolute Gasteiger partial charge is 0.310 e. The molecule has 1 aromatic carbocycles. The Hall–Kier alpha value is -1.40. The number of sulfonamides is 1. The Balaban J connectivity index is 3.05. The molecule has 0 radical (unpaired) electrons. The Morgan fingerprint density at radius 1 is 1.31 bits per heavy atom. The van der Waals surface area contributed by atoms with E-state index in [0.717, 1.165) is 0 Å². The summed E-state index contributed by atoms with van der Waals surface area (Å²) in [4.78, 5) is 10.8. The van der Waals surface area contributed by atoms with Gasteiger partial charge in [-0.15, -0.1) is 0 Å². The number of hydrogen-bond acceptors (Lipinski definition) is 3. The van der Waals surface area contributed by atoms with Crippen LogP contribution in [0.4, 0.5) is 0 Å². The van der Waals surface area contributed by atoms with Gasteiger partial charge in [-0.25, -0.2) is 13.1 Å². The maximum absolute atomic E-state index is 11.4. The summed E-state index contributed by atoms with van der Waals surface area (Å²) < 4.78 is 25.0. The number of nitrogens with one attached hydrogen (secondary N) is 1. The van der Waals surface area contributed by atoms with Crippen molar-refractivity contribution in [2.24, 2.45) is 0 Å². The molecule has 0 amide bonds. The van der Waals surface area contributed by atoms with Crippen LogP contribution in [0.15, 0.2) is 29.2 Å². The molecule has 1 atom stereocenters. The fourth-order valence-electron chi connectivity index (χ4n) is 1.20. The van der Waals surface area contributed by atoms with Crippen LogP contribution in [-0.4, -0.2) is 26.5 Å². The molecule has 0 heterocycles. The minimum absolute atomic E-state index is 0.122. The summed E-state index contributed by atoms with van der Waals surface area (Å²) in [6, 6.07) is 5.78. The molecular formula is C10H13NO4S. The van der Waals surface area contributed by atoms with Crippen molar-refractivity contribution in [2.45, 2.75) is 17.7 Å². The zero-order chi connectivity index (χ0) is 12.3. The first-order valence-corrected chi connectivity index (χ1v) is 6.13. The van der Waals surface area contributed by atoms with E-state index < -0.39 is 21.9 Å². The van der Waals surface area contributed by atoms with Gasteiger partial charge >= 0.3 is 5.97 Å². The van der Waals surface area contributed by atoms with Gasteiger partial charge in [0.2, 0.25) is 10.0 Å². The van der Waals surface area contributed by atoms with Crippen LogP contribution < -0.4 is 4.72 Å². The highest BCUT2D eigenvalue weighted by Crippen LogP contribution is 2.17. The third kappa shape index (κ3) is 2.59. The SMILES string of the molecule is CNS(=O)(=O)c1ccc(C(C)C(=O)O)cc1. The van der Waals surface area contributed by atoms with E-state index >= 15 is 0 Å². The van der Waals surface area contributed by atoms with E-state index in [9.17, 15) is 13.2 Å². The minimum Gasteiger partial charge on any atom is -0.481 e. The van der Waals surface area contributed by atoms with Gasteiger partial charge in [-0.3, -0.25) is 4.79 Å². The topological polar surface area (TPSA) is 83.5 Å². The van der Waals surface area contributed by atoms with Crippen molar-refractivity contribution in [3.05, 3.63) is 29.8 Å². The molecule has 1 unspecified atom stereocenters. The van der Waals surface area contributed by atoms with E-state index in [1.807, 2.05) is 0 Å². The largest absolute Gasteiger partial charge is 0.481 e. The fourth-order valence-corrected chi connectivity index (χ4v) is 1.93. The quantitative estimate of drug-likeness (QED) is 0.818. The molecule has 0 saturated heterocycles. The molecule has 0 spiro atoms. The van der Waals surface area contributed by atoms with Gasteiger partial charge in [-0.1, -0.05) is 12.1 Å². The van der Waals surface area contributed by atoms with Crippen LogP contribution in [0.2, 0.25) is 0 Å². The van der Waals surface area contributed by atoms with Crippen LogP contribution >= 0.6 is 0 Å². The highest BCUT2D eigenvalue weighted by atomic mass is 32.2. The third-order valence-electron chi connectivity index (χ3n) is 2.33. The van der Waals surface area contributed by atoms with Gasteiger partial charge in [0.1, 0.15) is 0 Å². The molecule has 0 bridgehead atoms. The van der Waals surface area contributed by atoms with Gasteiger partial charge in [0.15, 0.2) is 0 Å². The molecule has 0 aliphatic heterocycles. The summed E-state index contributed by atoms with van der Waals surface area (Å²) in [5, 5.41) is 8.78. The van der Waals surface area contributed by atoms with Crippen molar-refractivity contribution < 1.29 is 18.3 Å². The Labute approximate surface area is 94.2 Å². The molecule has 0 aliphatic rings. The van der Waals surface area contributed by atoms with E-state index in [1.165, 1.54) is 31.3 Å². The first kappa shape index (κ1) is 12.7. The zero-order valence-electron chi connectivity index (χ0n) is 8.97. The molecular weight excluding hydrogens is 230 g/mol. The molecule has 16 heavy (non-hydrogen) atoms. The van der Waals surface area contributed by atoms with E-state index in [2.05, 4.69) is 4.72 Å². The zero-order valence-corrected chi connectivity index (χ0v) is 9.78. The van der Waals surface area contributed by atoms with Crippen molar-refractivity contribution in [3.63, 3.8) is 0 Å². The van der Waals surface area contributed by atoms with Gasteiger partial charge in [0.05, 0.1) is 10.8 Å². The lowest BCUT2D eigenvalue weighted by molar-refractivity contribution is -0.138. The summed E-state index contributed by atoms with van der Waals surface area (Å²) in [5.41, 5.74) is 0.572. The van der Waals surface area contributed by atoms with Crippen molar-refractivity contribution in [3.8, 4) is 0 Å². The van der Waals surface area contributed by atoms with Gasteiger partial charge in [0, 0.05) is 0 Å². The lowest BCUT2D eigenvalue weighted by Crippen LogP contribution is -2.18. The predicted octanol–water partition coefficient (Wildman–Crippen LogP) is 0.783. The Bertz CT molecular complexity index is 478. The Morgan fingerprint density at radius 3 is 2.19 bits per heavy atom. The molecule has 2 N–H and O–H groups in total. The molecule has 0 aliphatic carbocycles. The standard InChI is InChI=1S/C10H13NO4S/c1-7(10(12)13)8-3-5-9(6-4-8)16(14,15)11-2/h3-7,11H,1-2H3,(H,12,13). The molecule has 0 saturated carbocycles. The normalized spacial score (nSPS) is 13.4. The number of carboxylic acids is 1. The van der Waals surface area contributed by atoms with Crippen molar-refractivity contribution in [1.29, 1.82) is 0 Å². The van der Waals surface area contributed by atoms with Gasteiger partial charge in [-0.05, 0) is 31.7 Å². The predicted molar refractivity (Wildman–Crippen MR) is 58.7 cm³/mol. The second kappa shape index (κ2) is 4.63. The third-order valence-corrected chi connectivity index (χ3v) is 3.76. The minimum atomic E-state index is -3.46. The molecule has 0 fully saturated rings. The second-order valence-electron chi connectivity index (χ2n) is 3.34. The van der Waals surface area contributed by atoms with Crippen LogP contribution in [-0.2, 0) is 14.8 Å². The van der Waals surface area contributed by atoms with E-state index in [1.54, 1.807) is 6.92 Å². The highest BCUT2D eigenvalue weighted by molar-refractivity contribution is 7.89. The number of hydrogen-bond donors (Lipinski definition) is 2. The average molecular weight is 243 g/mol. The van der Waals surface area contributed by atoms with Crippen LogP contribution in [0, 0.1) is 0 Å². The van der Waals surface area contributed by atoms with Gasteiger partial charge in [-0.2, -0.15) is 0 Å². The van der Waals surface area contributed by atoms with E-state index in [0.29, 0.717) is 5.56 Å². The van der Waals surface area contributed by atoms with Crippen LogP contribution in [0.3, 0.4) is 0 Å². The van der Waals surface area contributed by atoms with Gasteiger partial charge in [0.25, 0.3) is 0 Å². The van der Waals surface area contributed by atoms with Crippen molar-refractivity contribution in [1.82, 2.24) is 4.72 Å². The summed E-state index contributed by atoms with van der Waals surface area (Å²) in [6.45, 7) is 1.55. The fraction of sp³-hybridized carbons (Fsp3) is 0.300. The van der Waals surface area contributed by atoms with E-state index in [4.69, 9.17) is 5.11 Å². The van der Waals surface area contributed by atoms with Crippen molar-refractivity contribution in [2.75, 3.05) is 7.05 Å². The highest BCUT2D eigenvalue weighted by Gasteiger charge is 2.15. The summed E-state index contributed by atoms with van der Waals surface area (Å²) in [7, 11) is -2.14. The Kier molecular flexibility index (Phi) is 3.66. The summed E-state index contributed by atoms with van der Waals surface area (Å²) in [6.07, 6.45) is 0. The molecule has 1 rings (SSSR count). The average Bonchev–Trinajstić information content (AvgIpc) is 2.28.